The van der Waals surface area contributed by atoms with Gasteiger partial charge in [0.05, 0.1) is 0 Å². The second-order valence-corrected chi connectivity index (χ2v) is 4.50. The monoisotopic (exact) mass is 176 g/mol. The highest BCUT2D eigenvalue weighted by Crippen LogP contribution is 2.51. The van der Waals surface area contributed by atoms with Crippen molar-refractivity contribution in [1.29, 1.82) is 0 Å². The Kier molecular flexibility index (Phi) is 1.88. The van der Waals surface area contributed by atoms with E-state index in [1.807, 2.05) is 18.5 Å². The van der Waals surface area contributed by atoms with Crippen LogP contribution in [0.2, 0.25) is 0 Å². The van der Waals surface area contributed by atoms with E-state index in [1.165, 1.54) is 5.56 Å². The van der Waals surface area contributed by atoms with Crippen molar-refractivity contribution in [3.05, 3.63) is 30.1 Å². The van der Waals surface area contributed by atoms with E-state index < -0.39 is 0 Å². The molecule has 1 aromatic heterocycles. The van der Waals surface area contributed by atoms with Gasteiger partial charge in [0.25, 0.3) is 0 Å². The van der Waals surface area contributed by atoms with Gasteiger partial charge in [-0.05, 0) is 29.4 Å². The van der Waals surface area contributed by atoms with Crippen LogP contribution < -0.4 is 5.73 Å². The lowest BCUT2D eigenvalue weighted by molar-refractivity contribution is 0.0981. The van der Waals surface area contributed by atoms with Gasteiger partial charge in [-0.1, -0.05) is 19.9 Å². The summed E-state index contributed by atoms with van der Waals surface area (Å²) in [5, 5.41) is 0. The fourth-order valence-corrected chi connectivity index (χ4v) is 2.11. The Labute approximate surface area is 79.2 Å². The van der Waals surface area contributed by atoms with Gasteiger partial charge in [-0.25, -0.2) is 0 Å². The third-order valence-electron chi connectivity index (χ3n) is 3.43. The average molecular weight is 176 g/mol. The molecule has 1 aliphatic carbocycles. The second kappa shape index (κ2) is 2.81. The molecular formula is C11H16N2. The molecule has 1 saturated carbocycles. The second-order valence-electron chi connectivity index (χ2n) is 4.50. The molecule has 2 N–H and O–H groups in total. The number of rotatable bonds is 1. The van der Waals surface area contributed by atoms with Crippen LogP contribution >= 0.6 is 0 Å². The van der Waals surface area contributed by atoms with Gasteiger partial charge in [-0.3, -0.25) is 4.98 Å². The largest absolute Gasteiger partial charge is 0.327 e. The predicted molar refractivity (Wildman–Crippen MR) is 53.4 cm³/mol. The summed E-state index contributed by atoms with van der Waals surface area (Å²) >= 11 is 0. The molecule has 1 heterocycles. The zero-order valence-electron chi connectivity index (χ0n) is 8.20. The standard InChI is InChI=1S/C11H16N2/c1-11(2)9(6-10(11)12)8-4-3-5-13-7-8/h3-5,7,9-10H,6,12H2,1-2H3. The summed E-state index contributed by atoms with van der Waals surface area (Å²) in [6, 6.07) is 4.48. The Morgan fingerprint density at radius 3 is 2.77 bits per heavy atom. The Morgan fingerprint density at radius 2 is 2.31 bits per heavy atom. The highest BCUT2D eigenvalue weighted by molar-refractivity contribution is 5.24. The zero-order chi connectivity index (χ0) is 9.47. The molecule has 1 fully saturated rings. The number of hydrogen-bond donors (Lipinski definition) is 1. The van der Waals surface area contributed by atoms with Crippen molar-refractivity contribution in [1.82, 2.24) is 4.98 Å². The number of nitrogens with zero attached hydrogens (tertiary/aromatic N) is 1. The van der Waals surface area contributed by atoms with E-state index in [0.717, 1.165) is 6.42 Å². The molecule has 2 atom stereocenters. The van der Waals surface area contributed by atoms with E-state index in [-0.39, 0.29) is 5.41 Å². The topological polar surface area (TPSA) is 38.9 Å². The van der Waals surface area contributed by atoms with Gasteiger partial charge in [0.2, 0.25) is 0 Å². The summed E-state index contributed by atoms with van der Waals surface area (Å²) in [7, 11) is 0. The molecule has 2 unspecified atom stereocenters. The van der Waals surface area contributed by atoms with Crippen LogP contribution in [0.4, 0.5) is 0 Å². The van der Waals surface area contributed by atoms with Gasteiger partial charge in [-0.15, -0.1) is 0 Å². The van der Waals surface area contributed by atoms with E-state index in [2.05, 4.69) is 24.9 Å². The maximum absolute atomic E-state index is 5.96. The summed E-state index contributed by atoms with van der Waals surface area (Å²) in [6.45, 7) is 4.47. The first-order valence-electron chi connectivity index (χ1n) is 4.78. The molecule has 0 aliphatic heterocycles. The van der Waals surface area contributed by atoms with Crippen molar-refractivity contribution in [2.45, 2.75) is 32.2 Å². The number of nitrogens with two attached hydrogens (primary N) is 1. The van der Waals surface area contributed by atoms with Crippen molar-refractivity contribution in [3.63, 3.8) is 0 Å². The van der Waals surface area contributed by atoms with Gasteiger partial charge < -0.3 is 5.73 Å². The van der Waals surface area contributed by atoms with Crippen LogP contribution in [0.15, 0.2) is 24.5 Å². The van der Waals surface area contributed by atoms with Crippen molar-refractivity contribution >= 4 is 0 Å². The molecule has 0 aromatic carbocycles. The average Bonchev–Trinajstić information content (AvgIpc) is 2.15. The third-order valence-corrected chi connectivity index (χ3v) is 3.43. The van der Waals surface area contributed by atoms with Crippen molar-refractivity contribution in [3.8, 4) is 0 Å². The summed E-state index contributed by atoms with van der Waals surface area (Å²) in [6.07, 6.45) is 4.87. The number of pyridine rings is 1. The van der Waals surface area contributed by atoms with Crippen LogP contribution in [0.25, 0.3) is 0 Å². The first-order valence-corrected chi connectivity index (χ1v) is 4.78. The Hall–Kier alpha value is -0.890. The maximum Gasteiger partial charge on any atom is 0.0302 e. The van der Waals surface area contributed by atoms with Gasteiger partial charge in [-0.2, -0.15) is 0 Å². The lowest BCUT2D eigenvalue weighted by atomic mass is 9.57. The highest BCUT2D eigenvalue weighted by Gasteiger charge is 2.46. The molecule has 2 heteroatoms. The minimum absolute atomic E-state index is 0.239. The van der Waals surface area contributed by atoms with Gasteiger partial charge in [0, 0.05) is 18.4 Å². The molecule has 0 radical (unpaired) electrons. The van der Waals surface area contributed by atoms with E-state index in [9.17, 15) is 0 Å². The fourth-order valence-electron chi connectivity index (χ4n) is 2.11. The fraction of sp³-hybridized carbons (Fsp3) is 0.545. The Balaban J connectivity index is 2.22. The molecule has 0 amide bonds. The van der Waals surface area contributed by atoms with E-state index >= 15 is 0 Å². The van der Waals surface area contributed by atoms with Gasteiger partial charge in [0.15, 0.2) is 0 Å². The predicted octanol–water partition coefficient (Wildman–Crippen LogP) is 1.92. The van der Waals surface area contributed by atoms with E-state index in [4.69, 9.17) is 5.73 Å². The minimum atomic E-state index is 0.239. The smallest absolute Gasteiger partial charge is 0.0302 e. The molecule has 0 bridgehead atoms. The molecule has 2 rings (SSSR count). The zero-order valence-corrected chi connectivity index (χ0v) is 8.20. The first kappa shape index (κ1) is 8.70. The Bertz CT molecular complexity index is 292. The lowest BCUT2D eigenvalue weighted by Gasteiger charge is -2.50. The quantitative estimate of drug-likeness (QED) is 0.710. The Morgan fingerprint density at radius 1 is 1.54 bits per heavy atom. The van der Waals surface area contributed by atoms with Crippen LogP contribution in [0.3, 0.4) is 0 Å². The summed E-state index contributed by atoms with van der Waals surface area (Å²) in [5.74, 6) is 0.594. The molecule has 0 spiro atoms. The van der Waals surface area contributed by atoms with Gasteiger partial charge >= 0.3 is 0 Å². The van der Waals surface area contributed by atoms with E-state index in [0.29, 0.717) is 12.0 Å². The van der Waals surface area contributed by atoms with Crippen LogP contribution in [-0.2, 0) is 0 Å². The van der Waals surface area contributed by atoms with Crippen LogP contribution in [-0.4, -0.2) is 11.0 Å². The lowest BCUT2D eigenvalue weighted by Crippen LogP contribution is -2.52. The molecule has 13 heavy (non-hydrogen) atoms. The summed E-state index contributed by atoms with van der Waals surface area (Å²) in [5.41, 5.74) is 7.53. The molecule has 1 aliphatic rings. The molecular weight excluding hydrogens is 160 g/mol. The van der Waals surface area contributed by atoms with Crippen LogP contribution in [0, 0.1) is 5.41 Å². The van der Waals surface area contributed by atoms with Crippen molar-refractivity contribution < 1.29 is 0 Å². The van der Waals surface area contributed by atoms with Crippen molar-refractivity contribution in [2.75, 3.05) is 0 Å². The molecule has 0 saturated heterocycles. The SMILES string of the molecule is CC1(C)C(N)CC1c1cccnc1. The van der Waals surface area contributed by atoms with Gasteiger partial charge in [0.1, 0.15) is 0 Å². The molecule has 70 valence electrons. The van der Waals surface area contributed by atoms with Crippen LogP contribution in [0.1, 0.15) is 31.7 Å². The maximum atomic E-state index is 5.96. The molecule has 2 nitrogen and oxygen atoms in total. The third kappa shape index (κ3) is 1.25. The highest BCUT2D eigenvalue weighted by atomic mass is 14.8. The summed E-state index contributed by atoms with van der Waals surface area (Å²) < 4.78 is 0. The normalized spacial score (nSPS) is 31.0. The minimum Gasteiger partial charge on any atom is -0.327 e. The molecule has 1 aromatic rings. The van der Waals surface area contributed by atoms with Crippen molar-refractivity contribution in [2.24, 2.45) is 11.1 Å². The number of hydrogen-bond acceptors (Lipinski definition) is 2. The summed E-state index contributed by atoms with van der Waals surface area (Å²) in [4.78, 5) is 4.14. The van der Waals surface area contributed by atoms with E-state index in [1.54, 1.807) is 0 Å². The first-order chi connectivity index (χ1) is 6.12. The van der Waals surface area contributed by atoms with Crippen LogP contribution in [0.5, 0.6) is 0 Å². The number of aromatic nitrogens is 1.